The average Bonchev–Trinajstić information content (AvgIpc) is 3.25. The normalized spacial score (nSPS) is 22.7. The zero-order chi connectivity index (χ0) is 46.6. The number of rotatable bonds is 11. The fourth-order valence-electron chi connectivity index (χ4n) is 6.82. The van der Waals surface area contributed by atoms with Gasteiger partial charge in [0.25, 0.3) is 0 Å². The first-order chi connectivity index (χ1) is 30.6. The maximum atomic E-state index is 14.1. The smallest absolute Gasteiger partial charge is 0.303 e. The lowest BCUT2D eigenvalue weighted by molar-refractivity contribution is -0.138. The van der Waals surface area contributed by atoms with E-state index in [-0.39, 0.29) is 38.0 Å². The van der Waals surface area contributed by atoms with Crippen LogP contribution in [-0.2, 0) is 62.4 Å². The third-order valence-electron chi connectivity index (χ3n) is 10.3. The summed E-state index contributed by atoms with van der Waals surface area (Å²) in [5.41, 5.74) is 7.27. The highest BCUT2D eigenvalue weighted by molar-refractivity contribution is 5.98. The van der Waals surface area contributed by atoms with E-state index in [2.05, 4.69) is 37.2 Å². The molecule has 3 aromatic carbocycles. The standard InChI is InChI=1S/C45H56N8O11/c1-27-40(59)51-35(24-29-13-7-3-8-14-29)44(63)52-33(23-28-11-5-2-6-12-28)41(60)47-22-10-4-9-15-38(56)49-36(26-37(46)55)45(64)50-32(20-21-39(57)58)42(61)53-34(43(62)48-27)25-30-16-18-31(54)19-17-30/h2-3,5-8,11-14,16-19,27,32-36,54H,4,9-10,15,20-26H2,1H3,(H2,46,55)(H,47,60)(H,48,62)(H,49,56)(H,50,64)(H,51,59)(H,52,63)(H,53,61)(H,57,58)/t27-,32-,33-,34?,35?,36?/m0/s1. The molecule has 19 heteroatoms. The second kappa shape index (κ2) is 25.0. The molecule has 0 saturated carbocycles. The molecular formula is C45H56N8O11. The van der Waals surface area contributed by atoms with Gasteiger partial charge in [0, 0.05) is 38.6 Å². The Morgan fingerprint density at radius 2 is 1.03 bits per heavy atom. The van der Waals surface area contributed by atoms with Gasteiger partial charge in [0.1, 0.15) is 42.0 Å². The summed E-state index contributed by atoms with van der Waals surface area (Å²) in [5.74, 6) is -7.84. The molecule has 1 aliphatic rings. The van der Waals surface area contributed by atoms with Crippen LogP contribution in [0.15, 0.2) is 84.9 Å². The third kappa shape index (κ3) is 16.9. The molecule has 3 unspecified atom stereocenters. The fourth-order valence-corrected chi connectivity index (χ4v) is 6.82. The van der Waals surface area contributed by atoms with Crippen molar-refractivity contribution >= 4 is 53.2 Å². The highest BCUT2D eigenvalue weighted by Crippen LogP contribution is 2.13. The van der Waals surface area contributed by atoms with Gasteiger partial charge in [-0.3, -0.25) is 43.2 Å². The molecule has 1 aliphatic heterocycles. The van der Waals surface area contributed by atoms with E-state index in [9.17, 15) is 53.4 Å². The molecule has 11 N–H and O–H groups in total. The van der Waals surface area contributed by atoms with Gasteiger partial charge in [-0.05, 0) is 55.0 Å². The number of aromatic hydroxyl groups is 1. The van der Waals surface area contributed by atoms with Crippen molar-refractivity contribution < 1.29 is 53.4 Å². The topological polar surface area (TPSA) is 304 Å². The molecule has 342 valence electrons. The Bertz CT molecular complexity index is 2100. The van der Waals surface area contributed by atoms with Gasteiger partial charge in [0.2, 0.25) is 47.3 Å². The lowest BCUT2D eigenvalue weighted by Crippen LogP contribution is -2.60. The summed E-state index contributed by atoms with van der Waals surface area (Å²) in [6.45, 7) is 1.54. The van der Waals surface area contributed by atoms with Crippen molar-refractivity contribution in [2.75, 3.05) is 6.54 Å². The summed E-state index contributed by atoms with van der Waals surface area (Å²) in [6, 6.07) is 15.3. The van der Waals surface area contributed by atoms with Crippen LogP contribution in [0, 0.1) is 0 Å². The zero-order valence-corrected chi connectivity index (χ0v) is 35.5. The molecule has 1 saturated heterocycles. The Kier molecular flexibility index (Phi) is 19.2. The third-order valence-corrected chi connectivity index (χ3v) is 10.3. The van der Waals surface area contributed by atoms with Crippen LogP contribution in [0.4, 0.5) is 0 Å². The molecule has 1 fully saturated rings. The number of hydrogen-bond donors (Lipinski definition) is 10. The highest BCUT2D eigenvalue weighted by Gasteiger charge is 2.33. The van der Waals surface area contributed by atoms with Crippen LogP contribution in [0.25, 0.3) is 0 Å². The van der Waals surface area contributed by atoms with Gasteiger partial charge in [0.05, 0.1) is 6.42 Å². The number of amides is 8. The van der Waals surface area contributed by atoms with Crippen LogP contribution in [0.2, 0.25) is 0 Å². The van der Waals surface area contributed by atoms with Crippen molar-refractivity contribution in [3.05, 3.63) is 102 Å². The largest absolute Gasteiger partial charge is 0.508 e. The van der Waals surface area contributed by atoms with Gasteiger partial charge in [-0.1, -0.05) is 79.2 Å². The molecule has 6 atom stereocenters. The fraction of sp³-hybridized carbons (Fsp3) is 0.400. The van der Waals surface area contributed by atoms with Crippen molar-refractivity contribution in [2.24, 2.45) is 5.73 Å². The first-order valence-electron chi connectivity index (χ1n) is 21.0. The van der Waals surface area contributed by atoms with Gasteiger partial charge in [-0.15, -0.1) is 0 Å². The summed E-state index contributed by atoms with van der Waals surface area (Å²) in [6.07, 6.45) is -0.719. The number of phenols is 1. The lowest BCUT2D eigenvalue weighted by Gasteiger charge is -2.27. The van der Waals surface area contributed by atoms with E-state index in [0.717, 1.165) is 5.56 Å². The number of hydrogen-bond acceptors (Lipinski definition) is 10. The second-order valence-corrected chi connectivity index (χ2v) is 15.5. The number of nitrogens with two attached hydrogens (primary N) is 1. The summed E-state index contributed by atoms with van der Waals surface area (Å²) in [7, 11) is 0. The van der Waals surface area contributed by atoms with Crippen LogP contribution in [0.1, 0.15) is 68.6 Å². The van der Waals surface area contributed by atoms with E-state index in [1.54, 1.807) is 54.6 Å². The van der Waals surface area contributed by atoms with Crippen molar-refractivity contribution in [2.45, 2.75) is 107 Å². The highest BCUT2D eigenvalue weighted by atomic mass is 16.4. The monoisotopic (exact) mass is 884 g/mol. The van der Waals surface area contributed by atoms with Crippen molar-refractivity contribution in [1.82, 2.24) is 37.2 Å². The maximum Gasteiger partial charge on any atom is 0.303 e. The van der Waals surface area contributed by atoms with Gasteiger partial charge < -0.3 is 53.2 Å². The van der Waals surface area contributed by atoms with Crippen LogP contribution >= 0.6 is 0 Å². The number of primary amides is 1. The molecule has 3 aromatic rings. The molecule has 0 aliphatic carbocycles. The Morgan fingerprint density at radius 3 is 1.58 bits per heavy atom. The first-order valence-corrected chi connectivity index (χ1v) is 21.0. The predicted molar refractivity (Wildman–Crippen MR) is 232 cm³/mol. The molecule has 19 nitrogen and oxygen atoms in total. The first kappa shape index (κ1) is 49.3. The minimum Gasteiger partial charge on any atom is -0.508 e. The molecule has 0 spiro atoms. The van der Waals surface area contributed by atoms with Crippen molar-refractivity contribution in [3.8, 4) is 5.75 Å². The van der Waals surface area contributed by atoms with Gasteiger partial charge >= 0.3 is 5.97 Å². The van der Waals surface area contributed by atoms with E-state index in [4.69, 9.17) is 5.73 Å². The van der Waals surface area contributed by atoms with Gasteiger partial charge in [-0.2, -0.15) is 0 Å². The summed E-state index contributed by atoms with van der Waals surface area (Å²) < 4.78 is 0. The molecule has 0 aromatic heterocycles. The number of carboxylic acid groups (broad SMARTS) is 1. The van der Waals surface area contributed by atoms with Crippen LogP contribution in [0.5, 0.6) is 5.75 Å². The van der Waals surface area contributed by atoms with E-state index >= 15 is 0 Å². The minimum absolute atomic E-state index is 0.00954. The van der Waals surface area contributed by atoms with Crippen molar-refractivity contribution in [1.29, 1.82) is 0 Å². The Morgan fingerprint density at radius 1 is 0.562 bits per heavy atom. The average molecular weight is 885 g/mol. The molecule has 0 radical (unpaired) electrons. The Hall–Kier alpha value is -7.31. The molecule has 4 rings (SSSR count). The minimum atomic E-state index is -1.60. The number of aliphatic carboxylic acids is 1. The molecular weight excluding hydrogens is 829 g/mol. The number of benzene rings is 3. The number of phenolic OH excluding ortho intramolecular Hbond substituents is 1. The zero-order valence-electron chi connectivity index (χ0n) is 35.5. The molecule has 0 bridgehead atoms. The van der Waals surface area contributed by atoms with E-state index < -0.39 is 109 Å². The van der Waals surface area contributed by atoms with Crippen LogP contribution in [0.3, 0.4) is 0 Å². The van der Waals surface area contributed by atoms with Gasteiger partial charge in [-0.25, -0.2) is 0 Å². The van der Waals surface area contributed by atoms with E-state index in [1.165, 1.54) is 31.2 Å². The molecule has 8 amide bonds. The SMILES string of the molecule is C[C@@H]1NC(=O)C(Cc2ccc(O)cc2)NC(=O)[C@H](CCC(=O)O)NC(=O)C(CC(N)=O)NC(=O)CCCCCNC(=O)[C@H](Cc2ccccc2)NC(=O)C(Cc2ccccc2)NC1=O. The maximum absolute atomic E-state index is 14.1. The second-order valence-electron chi connectivity index (χ2n) is 15.5. The summed E-state index contributed by atoms with van der Waals surface area (Å²) >= 11 is 0. The lowest BCUT2D eigenvalue weighted by atomic mass is 10.0. The predicted octanol–water partition coefficient (Wildman–Crippen LogP) is -0.221. The quantitative estimate of drug-likeness (QED) is 0.120. The van der Waals surface area contributed by atoms with E-state index in [1.807, 2.05) is 6.07 Å². The molecule has 1 heterocycles. The molecule has 64 heavy (non-hydrogen) atoms. The number of carboxylic acids is 1. The summed E-state index contributed by atoms with van der Waals surface area (Å²) in [4.78, 5) is 120. The summed E-state index contributed by atoms with van der Waals surface area (Å²) in [5, 5.41) is 37.6. The number of carbonyl (C=O) groups is 9. The van der Waals surface area contributed by atoms with Crippen molar-refractivity contribution in [3.63, 3.8) is 0 Å². The number of carbonyl (C=O) groups excluding carboxylic acids is 8. The Balaban J connectivity index is 1.69. The number of nitrogens with one attached hydrogen (secondary N) is 7. The van der Waals surface area contributed by atoms with E-state index in [0.29, 0.717) is 30.4 Å². The van der Waals surface area contributed by atoms with Crippen LogP contribution < -0.4 is 43.0 Å². The van der Waals surface area contributed by atoms with Gasteiger partial charge in [0.15, 0.2) is 0 Å². The Labute approximate surface area is 370 Å². The van der Waals surface area contributed by atoms with Crippen LogP contribution in [-0.4, -0.2) is 106 Å².